The van der Waals surface area contributed by atoms with Gasteiger partial charge in [0.2, 0.25) is 0 Å². The second kappa shape index (κ2) is 5.60. The lowest BCUT2D eigenvalue weighted by Gasteiger charge is -1.95. The fraction of sp³-hybridized carbons (Fsp3) is 0.455. The van der Waals surface area contributed by atoms with Gasteiger partial charge in [0.25, 0.3) is 0 Å². The van der Waals surface area contributed by atoms with Crippen LogP contribution in [0.15, 0.2) is 22.8 Å². The summed E-state index contributed by atoms with van der Waals surface area (Å²) in [5.74, 6) is 0.957. The Kier molecular flexibility index (Phi) is 4.33. The van der Waals surface area contributed by atoms with E-state index < -0.39 is 0 Å². The van der Waals surface area contributed by atoms with Gasteiger partial charge in [-0.3, -0.25) is 0 Å². The number of rotatable bonds is 5. The molecule has 1 N–H and O–H groups in total. The Labute approximate surface area is 79.6 Å². The summed E-state index contributed by atoms with van der Waals surface area (Å²) in [6.07, 6.45) is 6.99. The average molecular weight is 179 g/mol. The minimum absolute atomic E-state index is 0.911. The summed E-state index contributed by atoms with van der Waals surface area (Å²) in [6, 6.07) is 1.97. The van der Waals surface area contributed by atoms with Gasteiger partial charge < -0.3 is 9.73 Å². The molecule has 0 aromatic carbocycles. The molecule has 1 heterocycles. The third kappa shape index (κ3) is 3.47. The first kappa shape index (κ1) is 10.1. The van der Waals surface area contributed by atoms with Crippen molar-refractivity contribution >= 4 is 6.08 Å². The fourth-order valence-electron chi connectivity index (χ4n) is 1.08. The van der Waals surface area contributed by atoms with Crippen molar-refractivity contribution in [2.75, 3.05) is 13.1 Å². The van der Waals surface area contributed by atoms with Gasteiger partial charge in [0, 0.05) is 6.54 Å². The molecule has 0 aliphatic carbocycles. The van der Waals surface area contributed by atoms with Crippen LogP contribution < -0.4 is 5.32 Å². The third-order valence-corrected chi connectivity index (χ3v) is 1.86. The molecule has 0 saturated heterocycles. The second-order valence-electron chi connectivity index (χ2n) is 3.07. The van der Waals surface area contributed by atoms with Crippen LogP contribution in [0.3, 0.4) is 0 Å². The lowest BCUT2D eigenvalue weighted by atomic mass is 10.2. The van der Waals surface area contributed by atoms with E-state index in [1.54, 1.807) is 6.26 Å². The summed E-state index contributed by atoms with van der Waals surface area (Å²) in [4.78, 5) is 0. The van der Waals surface area contributed by atoms with Crippen molar-refractivity contribution in [1.29, 1.82) is 0 Å². The van der Waals surface area contributed by atoms with Crippen LogP contribution in [0.1, 0.15) is 24.7 Å². The molecule has 1 rings (SSSR count). The Balaban J connectivity index is 2.28. The van der Waals surface area contributed by atoms with Crippen molar-refractivity contribution in [2.45, 2.75) is 20.3 Å². The summed E-state index contributed by atoms with van der Waals surface area (Å²) >= 11 is 0. The minimum Gasteiger partial charge on any atom is -0.465 e. The van der Waals surface area contributed by atoms with Gasteiger partial charge in [-0.05, 0) is 37.6 Å². The SMILES string of the molecule is CCCNC/C=C/c1occc1C. The summed E-state index contributed by atoms with van der Waals surface area (Å²) in [5.41, 5.74) is 1.19. The highest BCUT2D eigenvalue weighted by Gasteiger charge is 1.94. The molecule has 0 bridgehead atoms. The van der Waals surface area contributed by atoms with E-state index >= 15 is 0 Å². The maximum absolute atomic E-state index is 5.26. The van der Waals surface area contributed by atoms with Crippen LogP contribution in [0.4, 0.5) is 0 Å². The molecule has 0 radical (unpaired) electrons. The van der Waals surface area contributed by atoms with Gasteiger partial charge in [0.05, 0.1) is 6.26 Å². The fourth-order valence-corrected chi connectivity index (χ4v) is 1.08. The molecule has 0 unspecified atom stereocenters. The Morgan fingerprint density at radius 3 is 3.00 bits per heavy atom. The van der Waals surface area contributed by atoms with E-state index in [2.05, 4.69) is 18.3 Å². The summed E-state index contributed by atoms with van der Waals surface area (Å²) in [5, 5.41) is 3.29. The summed E-state index contributed by atoms with van der Waals surface area (Å²) < 4.78 is 5.26. The molecule has 0 saturated carbocycles. The number of furan rings is 1. The maximum Gasteiger partial charge on any atom is 0.129 e. The van der Waals surface area contributed by atoms with Crippen LogP contribution in [0.5, 0.6) is 0 Å². The van der Waals surface area contributed by atoms with Gasteiger partial charge in [0.1, 0.15) is 5.76 Å². The molecule has 0 amide bonds. The van der Waals surface area contributed by atoms with E-state index in [0.29, 0.717) is 0 Å². The van der Waals surface area contributed by atoms with E-state index in [-0.39, 0.29) is 0 Å². The van der Waals surface area contributed by atoms with E-state index in [0.717, 1.165) is 18.8 Å². The van der Waals surface area contributed by atoms with Crippen molar-refractivity contribution in [2.24, 2.45) is 0 Å². The van der Waals surface area contributed by atoms with Gasteiger partial charge in [-0.25, -0.2) is 0 Å². The molecule has 0 fully saturated rings. The Hall–Kier alpha value is -1.02. The van der Waals surface area contributed by atoms with Crippen LogP contribution >= 0.6 is 0 Å². The van der Waals surface area contributed by atoms with Crippen LogP contribution in [-0.4, -0.2) is 13.1 Å². The Morgan fingerprint density at radius 2 is 2.38 bits per heavy atom. The first-order chi connectivity index (χ1) is 6.34. The average Bonchev–Trinajstić information content (AvgIpc) is 2.52. The first-order valence-electron chi connectivity index (χ1n) is 4.76. The van der Waals surface area contributed by atoms with Crippen LogP contribution in [0.25, 0.3) is 6.08 Å². The molecule has 0 atom stereocenters. The van der Waals surface area contributed by atoms with Crippen LogP contribution in [0, 0.1) is 6.92 Å². The zero-order valence-corrected chi connectivity index (χ0v) is 8.34. The normalized spacial score (nSPS) is 11.2. The van der Waals surface area contributed by atoms with Gasteiger partial charge in [0.15, 0.2) is 0 Å². The monoisotopic (exact) mass is 179 g/mol. The van der Waals surface area contributed by atoms with Crippen LogP contribution in [-0.2, 0) is 0 Å². The molecular weight excluding hydrogens is 162 g/mol. The van der Waals surface area contributed by atoms with E-state index in [4.69, 9.17) is 4.42 Å². The first-order valence-corrected chi connectivity index (χ1v) is 4.76. The van der Waals surface area contributed by atoms with Crippen LogP contribution in [0.2, 0.25) is 0 Å². The van der Waals surface area contributed by atoms with Crippen molar-refractivity contribution in [1.82, 2.24) is 5.32 Å². The molecule has 0 aliphatic heterocycles. The largest absolute Gasteiger partial charge is 0.465 e. The molecule has 2 heteroatoms. The zero-order valence-electron chi connectivity index (χ0n) is 8.34. The zero-order chi connectivity index (χ0) is 9.52. The molecular formula is C11H17NO. The summed E-state index contributed by atoms with van der Waals surface area (Å²) in [6.45, 7) is 6.19. The Morgan fingerprint density at radius 1 is 1.54 bits per heavy atom. The van der Waals surface area contributed by atoms with Gasteiger partial charge in [-0.1, -0.05) is 13.0 Å². The minimum atomic E-state index is 0.911. The topological polar surface area (TPSA) is 25.2 Å². The molecule has 2 nitrogen and oxygen atoms in total. The predicted octanol–water partition coefficient (Wildman–Crippen LogP) is 2.60. The van der Waals surface area contributed by atoms with E-state index in [1.165, 1.54) is 12.0 Å². The quantitative estimate of drug-likeness (QED) is 0.703. The smallest absolute Gasteiger partial charge is 0.129 e. The summed E-state index contributed by atoms with van der Waals surface area (Å²) in [7, 11) is 0. The van der Waals surface area contributed by atoms with Gasteiger partial charge in [-0.2, -0.15) is 0 Å². The van der Waals surface area contributed by atoms with Gasteiger partial charge in [-0.15, -0.1) is 0 Å². The van der Waals surface area contributed by atoms with E-state index in [9.17, 15) is 0 Å². The number of nitrogens with one attached hydrogen (secondary N) is 1. The number of hydrogen-bond donors (Lipinski definition) is 1. The molecule has 0 spiro atoms. The van der Waals surface area contributed by atoms with Crippen molar-refractivity contribution in [3.05, 3.63) is 29.7 Å². The van der Waals surface area contributed by atoms with Crippen molar-refractivity contribution < 1.29 is 4.42 Å². The highest BCUT2D eigenvalue weighted by atomic mass is 16.3. The molecule has 0 aliphatic rings. The molecule has 1 aromatic rings. The number of aryl methyl sites for hydroxylation is 1. The standard InChI is InChI=1S/C11H17NO/c1-3-7-12-8-4-5-11-10(2)6-9-13-11/h4-6,9,12H,3,7-8H2,1-2H3/b5-4+. The lowest BCUT2D eigenvalue weighted by molar-refractivity contribution is 0.554. The molecule has 1 aromatic heterocycles. The van der Waals surface area contributed by atoms with Gasteiger partial charge >= 0.3 is 0 Å². The predicted molar refractivity (Wildman–Crippen MR) is 55.6 cm³/mol. The Bertz CT molecular complexity index is 263. The van der Waals surface area contributed by atoms with Crippen molar-refractivity contribution in [3.8, 4) is 0 Å². The maximum atomic E-state index is 5.26. The molecule has 13 heavy (non-hydrogen) atoms. The highest BCUT2D eigenvalue weighted by Crippen LogP contribution is 2.09. The molecule has 72 valence electrons. The lowest BCUT2D eigenvalue weighted by Crippen LogP contribution is -2.13. The second-order valence-corrected chi connectivity index (χ2v) is 3.07. The van der Waals surface area contributed by atoms with E-state index in [1.807, 2.05) is 19.1 Å². The third-order valence-electron chi connectivity index (χ3n) is 1.86. The highest BCUT2D eigenvalue weighted by molar-refractivity contribution is 5.46. The van der Waals surface area contributed by atoms with Crippen molar-refractivity contribution in [3.63, 3.8) is 0 Å². The number of hydrogen-bond acceptors (Lipinski definition) is 2.